The first-order valence-corrected chi connectivity index (χ1v) is 8.64. The van der Waals surface area contributed by atoms with Crippen molar-refractivity contribution in [2.24, 2.45) is 16.8 Å². The van der Waals surface area contributed by atoms with Crippen LogP contribution in [-0.4, -0.2) is 30.9 Å². The molecule has 0 aliphatic rings. The van der Waals surface area contributed by atoms with Crippen LogP contribution in [0.5, 0.6) is 0 Å². The number of ether oxygens (including phenoxy) is 1. The first-order valence-electron chi connectivity index (χ1n) is 8.64. The van der Waals surface area contributed by atoms with Crippen LogP contribution in [0.1, 0.15) is 16.7 Å². The van der Waals surface area contributed by atoms with Crippen molar-refractivity contribution in [3.05, 3.63) is 63.2 Å². The maximum atomic E-state index is 10.3. The fourth-order valence-corrected chi connectivity index (χ4v) is 2.77. The Kier molecular flexibility index (Phi) is 9.06. The molecule has 0 spiro atoms. The van der Waals surface area contributed by atoms with E-state index < -0.39 is 4.92 Å². The van der Waals surface area contributed by atoms with Crippen LogP contribution < -0.4 is 22.0 Å². The van der Waals surface area contributed by atoms with Gasteiger partial charge in [-0.05, 0) is 38.0 Å². The first-order chi connectivity index (χ1) is 13.8. The van der Waals surface area contributed by atoms with Crippen molar-refractivity contribution in [3.8, 4) is 0 Å². The molecule has 5 N–H and O–H groups in total. The fourth-order valence-electron chi connectivity index (χ4n) is 2.77. The average molecular weight is 402 g/mol. The summed E-state index contributed by atoms with van der Waals surface area (Å²) in [7, 11) is 1.66. The van der Waals surface area contributed by atoms with Gasteiger partial charge in [0.05, 0.1) is 10.6 Å². The van der Waals surface area contributed by atoms with Crippen molar-refractivity contribution >= 4 is 29.4 Å². The summed E-state index contributed by atoms with van der Waals surface area (Å²) in [6.07, 6.45) is 0.605. The number of nitrogens with zero attached hydrogens (tertiary/aromatic N) is 3. The van der Waals surface area contributed by atoms with Gasteiger partial charge >= 0.3 is 6.02 Å². The zero-order valence-corrected chi connectivity index (χ0v) is 16.9. The van der Waals surface area contributed by atoms with Crippen LogP contribution in [0.3, 0.4) is 0 Å². The highest BCUT2D eigenvalue weighted by Crippen LogP contribution is 2.25. The summed E-state index contributed by atoms with van der Waals surface area (Å²) in [6, 6.07) is 10.5. The molecule has 0 saturated carbocycles. The molecule has 0 saturated heterocycles. The van der Waals surface area contributed by atoms with Gasteiger partial charge in [-0.25, -0.2) is 10.9 Å². The number of hydrogen-bond donors (Lipinski definition) is 3. The van der Waals surface area contributed by atoms with Gasteiger partial charge in [-0.1, -0.05) is 29.8 Å². The van der Waals surface area contributed by atoms with Gasteiger partial charge in [0.15, 0.2) is 6.29 Å². The van der Waals surface area contributed by atoms with E-state index in [2.05, 4.69) is 10.4 Å². The summed E-state index contributed by atoms with van der Waals surface area (Å²) in [5, 5.41) is 17.8. The number of nitrogens with one attached hydrogen (secondary N) is 1. The monoisotopic (exact) mass is 402 g/mol. The molecular weight excluding hydrogens is 376 g/mol. The molecule has 0 radical (unpaired) electrons. The molecular formula is C19H26N6O4. The van der Waals surface area contributed by atoms with Gasteiger partial charge in [0.25, 0.3) is 5.69 Å². The van der Waals surface area contributed by atoms with Crippen molar-refractivity contribution in [2.75, 3.05) is 24.0 Å². The minimum atomic E-state index is -0.411. The molecule has 0 atom stereocenters. The van der Waals surface area contributed by atoms with Crippen LogP contribution >= 0.6 is 0 Å². The summed E-state index contributed by atoms with van der Waals surface area (Å²) in [4.78, 5) is 20.2. The molecule has 0 fully saturated rings. The summed E-state index contributed by atoms with van der Waals surface area (Å²) in [5.74, 6) is 11.1. The summed E-state index contributed by atoms with van der Waals surface area (Å²) in [6.45, 7) is 5.73. The predicted molar refractivity (Wildman–Crippen MR) is 114 cm³/mol. The third-order valence-electron chi connectivity index (χ3n) is 3.84. The second-order valence-corrected chi connectivity index (χ2v) is 6.03. The average Bonchev–Trinajstić information content (AvgIpc) is 2.68. The zero-order valence-electron chi connectivity index (χ0n) is 16.9. The number of nitro groups is 1. The van der Waals surface area contributed by atoms with Crippen LogP contribution in [0.25, 0.3) is 0 Å². The van der Waals surface area contributed by atoms with E-state index in [4.69, 9.17) is 16.4 Å². The van der Waals surface area contributed by atoms with Crippen LogP contribution in [-0.2, 0) is 9.53 Å². The van der Waals surface area contributed by atoms with E-state index in [1.54, 1.807) is 25.2 Å². The molecule has 0 amide bonds. The quantitative estimate of drug-likeness (QED) is 0.172. The lowest BCUT2D eigenvalue weighted by atomic mass is 10.1. The van der Waals surface area contributed by atoms with Gasteiger partial charge in [-0.2, -0.15) is 0 Å². The number of hydrazone groups is 1. The Bertz CT molecular complexity index is 862. The number of benzene rings is 2. The van der Waals surface area contributed by atoms with Crippen molar-refractivity contribution in [1.82, 2.24) is 0 Å². The van der Waals surface area contributed by atoms with E-state index in [9.17, 15) is 14.9 Å². The van der Waals surface area contributed by atoms with Gasteiger partial charge in [0.1, 0.15) is 12.3 Å². The fraction of sp³-hybridized carbons (Fsp3) is 0.263. The van der Waals surface area contributed by atoms with Crippen molar-refractivity contribution in [2.45, 2.75) is 20.8 Å². The molecule has 2 aromatic carbocycles. The number of nitro benzene ring substituents is 1. The van der Waals surface area contributed by atoms with E-state index >= 15 is 0 Å². The lowest BCUT2D eigenvalue weighted by Gasteiger charge is -2.23. The maximum Gasteiger partial charge on any atom is 0.328 e. The molecule has 29 heavy (non-hydrogen) atoms. The van der Waals surface area contributed by atoms with Crippen LogP contribution in [0, 0.1) is 30.9 Å². The Morgan fingerprint density at radius 1 is 1.28 bits per heavy atom. The number of anilines is 2. The van der Waals surface area contributed by atoms with Crippen LogP contribution in [0.4, 0.5) is 17.1 Å². The van der Waals surface area contributed by atoms with Gasteiger partial charge in [0, 0.05) is 13.1 Å². The van der Waals surface area contributed by atoms with E-state index in [0.717, 1.165) is 22.4 Å². The second-order valence-electron chi connectivity index (χ2n) is 6.03. The molecule has 10 nitrogen and oxygen atoms in total. The van der Waals surface area contributed by atoms with E-state index in [1.807, 2.05) is 32.9 Å². The number of nitrogens with two attached hydrogens (primary N) is 2. The highest BCUT2D eigenvalue weighted by Gasteiger charge is 2.16. The SMILES string of the molecule is CNc1ccccc1[N+](=O)[O-].Cc1cc(C)c(N(N)/C(=N\N)OCC=O)c(C)c1. The third-order valence-corrected chi connectivity index (χ3v) is 3.84. The standard InChI is InChI=1S/C12H18N4O2.C7H8N2O2/c1-8-6-9(2)11(10(3)7-8)16(14)12(15-13)18-5-4-17;1-8-6-4-2-3-5-7(6)9(10)11/h4,6-7H,5,13-14H2,1-3H3;2-5,8H,1H3/b15-12+;. The molecule has 156 valence electrons. The van der Waals surface area contributed by atoms with Crippen molar-refractivity contribution in [1.29, 1.82) is 0 Å². The largest absolute Gasteiger partial charge is 0.455 e. The molecule has 0 aromatic heterocycles. The number of hydrogen-bond acceptors (Lipinski definition) is 8. The number of aryl methyl sites for hydroxylation is 3. The number of para-hydroxylation sites is 2. The number of aldehydes is 1. The Hall–Kier alpha value is -3.66. The number of rotatable bonds is 5. The smallest absolute Gasteiger partial charge is 0.328 e. The molecule has 2 aromatic rings. The van der Waals surface area contributed by atoms with Crippen LogP contribution in [0.2, 0.25) is 0 Å². The highest BCUT2D eigenvalue weighted by molar-refractivity contribution is 5.92. The number of amidine groups is 1. The topological polar surface area (TPSA) is 149 Å². The Labute approximate surface area is 169 Å². The molecule has 0 bridgehead atoms. The summed E-state index contributed by atoms with van der Waals surface area (Å²) >= 11 is 0. The zero-order chi connectivity index (χ0) is 22.0. The minimum Gasteiger partial charge on any atom is -0.455 e. The predicted octanol–water partition coefficient (Wildman–Crippen LogP) is 2.37. The molecule has 2 rings (SSSR count). The minimum absolute atomic E-state index is 0.00264. The van der Waals surface area contributed by atoms with Gasteiger partial charge in [-0.3, -0.25) is 14.9 Å². The number of carbonyl (C=O) groups is 1. The van der Waals surface area contributed by atoms with E-state index in [1.165, 1.54) is 11.1 Å². The molecule has 0 unspecified atom stereocenters. The Morgan fingerprint density at radius 3 is 2.31 bits per heavy atom. The van der Waals surface area contributed by atoms with E-state index in [0.29, 0.717) is 12.0 Å². The summed E-state index contributed by atoms with van der Waals surface area (Å²) < 4.78 is 5.05. The van der Waals surface area contributed by atoms with Crippen molar-refractivity contribution < 1.29 is 14.5 Å². The number of hydrazine groups is 1. The lowest BCUT2D eigenvalue weighted by molar-refractivity contribution is -0.383. The second kappa shape index (κ2) is 11.2. The van der Waals surface area contributed by atoms with Crippen molar-refractivity contribution in [3.63, 3.8) is 0 Å². The van der Waals surface area contributed by atoms with Gasteiger partial charge in [-0.15, -0.1) is 5.10 Å². The van der Waals surface area contributed by atoms with Gasteiger partial charge < -0.3 is 15.9 Å². The molecule has 0 aliphatic heterocycles. The summed E-state index contributed by atoms with van der Waals surface area (Å²) in [5.41, 5.74) is 4.50. The van der Waals surface area contributed by atoms with Crippen LogP contribution in [0.15, 0.2) is 41.5 Å². The number of carbonyl (C=O) groups excluding carboxylic acids is 1. The first kappa shape index (κ1) is 23.4. The van der Waals surface area contributed by atoms with E-state index in [-0.39, 0.29) is 18.3 Å². The Morgan fingerprint density at radius 2 is 1.86 bits per heavy atom. The molecule has 10 heteroatoms. The van der Waals surface area contributed by atoms with Gasteiger partial charge in [0.2, 0.25) is 0 Å². The highest BCUT2D eigenvalue weighted by atomic mass is 16.6. The molecule has 0 heterocycles. The molecule has 0 aliphatic carbocycles. The maximum absolute atomic E-state index is 10.3. The Balaban J connectivity index is 0.000000326. The lowest BCUT2D eigenvalue weighted by Crippen LogP contribution is -2.41. The third kappa shape index (κ3) is 6.47. The normalized spacial score (nSPS) is 10.4.